The Balaban J connectivity index is 1.54. The summed E-state index contributed by atoms with van der Waals surface area (Å²) in [5, 5.41) is 0. The second-order valence-corrected chi connectivity index (χ2v) is 6.27. The molecule has 1 fully saturated rings. The van der Waals surface area contributed by atoms with Gasteiger partial charge in [-0.2, -0.15) is 0 Å². The Bertz CT molecular complexity index is 820. The van der Waals surface area contributed by atoms with Gasteiger partial charge < -0.3 is 19.2 Å². The summed E-state index contributed by atoms with van der Waals surface area (Å²) in [7, 11) is 1.47. The van der Waals surface area contributed by atoms with Gasteiger partial charge in [-0.05, 0) is 37.1 Å². The smallest absolute Gasteiger partial charge is 0.293 e. The second-order valence-electron chi connectivity index (χ2n) is 6.27. The molecule has 1 unspecified atom stereocenters. The zero-order valence-electron chi connectivity index (χ0n) is 14.2. The first kappa shape index (κ1) is 16.0. The minimum Gasteiger partial charge on any atom is -0.490 e. The maximum absolute atomic E-state index is 12.0. The number of fused-ring (bicyclic) bond motifs is 1. The van der Waals surface area contributed by atoms with Gasteiger partial charge in [0.2, 0.25) is 5.75 Å². The molecular weight excluding hydrogens is 322 g/mol. The molecule has 0 bridgehead atoms. The van der Waals surface area contributed by atoms with Crippen LogP contribution in [0.5, 0.6) is 17.2 Å². The van der Waals surface area contributed by atoms with Gasteiger partial charge in [0.1, 0.15) is 19.0 Å². The standard InChI is InChI=1S/C18H21N3O4/c1-23-16-10-19-17(20-18(16)22)13-3-2-6-21(13)11-12-4-5-14-15(9-12)25-8-7-24-14/h4-5,9-10,13H,2-3,6-8,11H2,1H3,(H,19,20,22). The van der Waals surface area contributed by atoms with E-state index in [1.807, 2.05) is 12.1 Å². The van der Waals surface area contributed by atoms with Crippen LogP contribution in [0.4, 0.5) is 0 Å². The SMILES string of the molecule is COc1cnc(C2CCCN2Cc2ccc3c(c2)OCCO3)[nH]c1=O. The van der Waals surface area contributed by atoms with E-state index in [4.69, 9.17) is 14.2 Å². The van der Waals surface area contributed by atoms with Crippen LogP contribution in [0.25, 0.3) is 0 Å². The Morgan fingerprint density at radius 3 is 2.96 bits per heavy atom. The predicted octanol–water partition coefficient (Wildman–Crippen LogP) is 1.89. The van der Waals surface area contributed by atoms with Gasteiger partial charge in [0.15, 0.2) is 11.5 Å². The topological polar surface area (TPSA) is 76.7 Å². The van der Waals surface area contributed by atoms with Crippen LogP contribution in [0.15, 0.2) is 29.2 Å². The van der Waals surface area contributed by atoms with E-state index < -0.39 is 0 Å². The summed E-state index contributed by atoms with van der Waals surface area (Å²) < 4.78 is 16.2. The quantitative estimate of drug-likeness (QED) is 0.913. The zero-order chi connectivity index (χ0) is 17.2. The third-order valence-electron chi connectivity index (χ3n) is 4.68. The molecule has 2 aromatic rings. The average Bonchev–Trinajstić information content (AvgIpc) is 3.09. The highest BCUT2D eigenvalue weighted by molar-refractivity contribution is 5.43. The van der Waals surface area contributed by atoms with Crippen LogP contribution >= 0.6 is 0 Å². The fourth-order valence-electron chi connectivity index (χ4n) is 3.46. The fourth-order valence-corrected chi connectivity index (χ4v) is 3.46. The summed E-state index contributed by atoms with van der Waals surface area (Å²) in [4.78, 5) is 21.6. The molecule has 3 heterocycles. The number of nitrogens with one attached hydrogen (secondary N) is 1. The lowest BCUT2D eigenvalue weighted by molar-refractivity contribution is 0.170. The van der Waals surface area contributed by atoms with Crippen molar-refractivity contribution < 1.29 is 14.2 Å². The van der Waals surface area contributed by atoms with Crippen molar-refractivity contribution in [2.24, 2.45) is 0 Å². The van der Waals surface area contributed by atoms with Crippen LogP contribution in [0, 0.1) is 0 Å². The molecule has 1 saturated heterocycles. The van der Waals surface area contributed by atoms with Crippen molar-refractivity contribution in [2.45, 2.75) is 25.4 Å². The molecule has 2 aliphatic rings. The number of aromatic nitrogens is 2. The van der Waals surface area contributed by atoms with Crippen molar-refractivity contribution in [3.05, 3.63) is 46.1 Å². The number of aromatic amines is 1. The summed E-state index contributed by atoms with van der Waals surface area (Å²) >= 11 is 0. The third kappa shape index (κ3) is 3.19. The molecule has 4 rings (SSSR count). The molecule has 1 N–H and O–H groups in total. The monoisotopic (exact) mass is 343 g/mol. The van der Waals surface area contributed by atoms with Crippen molar-refractivity contribution in [1.29, 1.82) is 0 Å². The van der Waals surface area contributed by atoms with Gasteiger partial charge in [-0.15, -0.1) is 0 Å². The lowest BCUT2D eigenvalue weighted by atomic mass is 10.1. The molecule has 25 heavy (non-hydrogen) atoms. The number of nitrogens with zero attached hydrogens (tertiary/aromatic N) is 2. The molecule has 0 aliphatic carbocycles. The summed E-state index contributed by atoms with van der Waals surface area (Å²) in [6.07, 6.45) is 3.54. The van der Waals surface area contributed by atoms with E-state index >= 15 is 0 Å². The molecule has 132 valence electrons. The normalized spacial score (nSPS) is 19.8. The lowest BCUT2D eigenvalue weighted by Gasteiger charge is -2.25. The van der Waals surface area contributed by atoms with Gasteiger partial charge in [0.25, 0.3) is 5.56 Å². The number of hydrogen-bond donors (Lipinski definition) is 1. The van der Waals surface area contributed by atoms with Crippen LogP contribution in [-0.4, -0.2) is 41.7 Å². The first-order valence-corrected chi connectivity index (χ1v) is 8.50. The van der Waals surface area contributed by atoms with E-state index in [-0.39, 0.29) is 17.4 Å². The zero-order valence-corrected chi connectivity index (χ0v) is 14.2. The molecule has 0 saturated carbocycles. The van der Waals surface area contributed by atoms with Crippen LogP contribution in [0.3, 0.4) is 0 Å². The van der Waals surface area contributed by atoms with Crippen molar-refractivity contribution in [1.82, 2.24) is 14.9 Å². The van der Waals surface area contributed by atoms with Gasteiger partial charge in [-0.3, -0.25) is 9.69 Å². The molecule has 7 nitrogen and oxygen atoms in total. The fraction of sp³-hybridized carbons (Fsp3) is 0.444. The van der Waals surface area contributed by atoms with E-state index in [2.05, 4.69) is 20.9 Å². The Labute approximate surface area is 145 Å². The van der Waals surface area contributed by atoms with Gasteiger partial charge in [-0.25, -0.2) is 4.98 Å². The maximum atomic E-state index is 12.0. The van der Waals surface area contributed by atoms with Gasteiger partial charge in [-0.1, -0.05) is 6.07 Å². The van der Waals surface area contributed by atoms with E-state index in [1.165, 1.54) is 13.3 Å². The highest BCUT2D eigenvalue weighted by Crippen LogP contribution is 2.34. The highest BCUT2D eigenvalue weighted by atomic mass is 16.6. The number of hydrogen-bond acceptors (Lipinski definition) is 6. The Morgan fingerprint density at radius 2 is 2.16 bits per heavy atom. The van der Waals surface area contributed by atoms with Crippen LogP contribution in [-0.2, 0) is 6.54 Å². The first-order valence-electron chi connectivity index (χ1n) is 8.50. The van der Waals surface area contributed by atoms with Crippen molar-refractivity contribution in [3.63, 3.8) is 0 Å². The van der Waals surface area contributed by atoms with Crippen LogP contribution in [0.1, 0.15) is 30.3 Å². The minimum atomic E-state index is -0.237. The second kappa shape index (κ2) is 6.76. The Kier molecular flexibility index (Phi) is 4.31. The lowest BCUT2D eigenvalue weighted by Crippen LogP contribution is -2.26. The van der Waals surface area contributed by atoms with Crippen molar-refractivity contribution in [3.8, 4) is 17.2 Å². The first-order chi connectivity index (χ1) is 12.2. The minimum absolute atomic E-state index is 0.104. The van der Waals surface area contributed by atoms with Crippen molar-refractivity contribution in [2.75, 3.05) is 26.9 Å². The Morgan fingerprint density at radius 1 is 1.32 bits per heavy atom. The maximum Gasteiger partial charge on any atom is 0.293 e. The Hall–Kier alpha value is -2.54. The molecule has 0 spiro atoms. The summed E-state index contributed by atoms with van der Waals surface area (Å²) in [6, 6.07) is 6.16. The van der Waals surface area contributed by atoms with Crippen LogP contribution in [0.2, 0.25) is 0 Å². The molecule has 2 aliphatic heterocycles. The summed E-state index contributed by atoms with van der Waals surface area (Å²) in [6.45, 7) is 2.92. The number of H-pyrrole nitrogens is 1. The summed E-state index contributed by atoms with van der Waals surface area (Å²) in [5.41, 5.74) is 0.922. The third-order valence-corrected chi connectivity index (χ3v) is 4.68. The largest absolute Gasteiger partial charge is 0.490 e. The van der Waals surface area contributed by atoms with Crippen LogP contribution < -0.4 is 19.8 Å². The molecule has 1 aromatic carbocycles. The average molecular weight is 343 g/mol. The molecule has 1 aromatic heterocycles. The summed E-state index contributed by atoms with van der Waals surface area (Å²) in [5.74, 6) is 2.53. The van der Waals surface area contributed by atoms with Gasteiger partial charge in [0, 0.05) is 6.54 Å². The molecule has 1 atom stereocenters. The number of benzene rings is 1. The predicted molar refractivity (Wildman–Crippen MR) is 91.2 cm³/mol. The van der Waals surface area contributed by atoms with Gasteiger partial charge >= 0.3 is 0 Å². The van der Waals surface area contributed by atoms with E-state index in [0.29, 0.717) is 19.0 Å². The number of ether oxygens (including phenoxy) is 3. The molecule has 7 heteroatoms. The number of methoxy groups -OCH3 is 1. The van der Waals surface area contributed by atoms with E-state index in [9.17, 15) is 4.79 Å². The number of rotatable bonds is 4. The van der Waals surface area contributed by atoms with Gasteiger partial charge in [0.05, 0.1) is 19.3 Å². The van der Waals surface area contributed by atoms with Crippen molar-refractivity contribution >= 4 is 0 Å². The molecular formula is C18H21N3O4. The highest BCUT2D eigenvalue weighted by Gasteiger charge is 2.28. The molecule has 0 radical (unpaired) electrons. The van der Waals surface area contributed by atoms with E-state index in [0.717, 1.165) is 43.0 Å². The number of likely N-dealkylation sites (tertiary alicyclic amines) is 1. The van der Waals surface area contributed by atoms with E-state index in [1.54, 1.807) is 0 Å². The molecule has 0 amide bonds.